The van der Waals surface area contributed by atoms with E-state index in [0.29, 0.717) is 11.8 Å². The minimum atomic E-state index is -0.622. The maximum absolute atomic E-state index is 12.8. The first-order valence-corrected chi connectivity index (χ1v) is 6.32. The van der Waals surface area contributed by atoms with E-state index in [1.807, 2.05) is 0 Å². The van der Waals surface area contributed by atoms with E-state index in [1.54, 1.807) is 12.1 Å². The average Bonchev–Trinajstić information content (AvgIpc) is 2.29. The maximum atomic E-state index is 12.8. The van der Waals surface area contributed by atoms with Crippen LogP contribution in [-0.2, 0) is 15.1 Å². The summed E-state index contributed by atoms with van der Waals surface area (Å²) in [6.45, 7) is 0. The van der Waals surface area contributed by atoms with Crippen LogP contribution in [0.5, 0.6) is 0 Å². The first-order chi connectivity index (χ1) is 7.66. The maximum Gasteiger partial charge on any atom is 0.306 e. The molecule has 0 amide bonds. The van der Waals surface area contributed by atoms with Crippen molar-refractivity contribution in [1.82, 2.24) is 0 Å². The van der Waals surface area contributed by atoms with Gasteiger partial charge in [-0.3, -0.25) is 4.79 Å². The summed E-state index contributed by atoms with van der Waals surface area (Å²) in [4.78, 5) is 11.4. The molecule has 0 spiro atoms. The SMILES string of the molecule is O=C1CCCC(CBr)(c2ccc(F)cc2)O1. The Kier molecular flexibility index (Phi) is 3.28. The monoisotopic (exact) mass is 286 g/mol. The highest BCUT2D eigenvalue weighted by Crippen LogP contribution is 2.37. The van der Waals surface area contributed by atoms with Crippen molar-refractivity contribution in [3.63, 3.8) is 0 Å². The van der Waals surface area contributed by atoms with Crippen LogP contribution in [0.1, 0.15) is 24.8 Å². The van der Waals surface area contributed by atoms with Gasteiger partial charge in [0, 0.05) is 11.8 Å². The molecule has 1 fully saturated rings. The second-order valence-electron chi connectivity index (χ2n) is 3.96. The summed E-state index contributed by atoms with van der Waals surface area (Å²) in [5, 5.41) is 0.539. The fraction of sp³-hybridized carbons (Fsp3) is 0.417. The molecule has 0 N–H and O–H groups in total. The van der Waals surface area contributed by atoms with E-state index in [4.69, 9.17) is 4.74 Å². The van der Waals surface area contributed by atoms with Crippen LogP contribution in [-0.4, -0.2) is 11.3 Å². The number of hydrogen-bond acceptors (Lipinski definition) is 2. The number of carbonyl (C=O) groups excluding carboxylic acids is 1. The van der Waals surface area contributed by atoms with Crippen molar-refractivity contribution >= 4 is 21.9 Å². The minimum Gasteiger partial charge on any atom is -0.453 e. The summed E-state index contributed by atoms with van der Waals surface area (Å²) in [5.41, 5.74) is 0.224. The molecule has 16 heavy (non-hydrogen) atoms. The molecule has 4 heteroatoms. The largest absolute Gasteiger partial charge is 0.453 e. The lowest BCUT2D eigenvalue weighted by atomic mass is 9.88. The Morgan fingerprint density at radius 2 is 2.06 bits per heavy atom. The molecule has 0 radical (unpaired) electrons. The molecular weight excluding hydrogens is 275 g/mol. The zero-order valence-corrected chi connectivity index (χ0v) is 10.3. The van der Waals surface area contributed by atoms with Crippen molar-refractivity contribution in [3.8, 4) is 0 Å². The molecule has 1 unspecified atom stereocenters. The Bertz CT molecular complexity index is 391. The predicted molar refractivity (Wildman–Crippen MR) is 61.8 cm³/mol. The molecule has 1 aliphatic rings. The van der Waals surface area contributed by atoms with Gasteiger partial charge in [0.15, 0.2) is 0 Å². The summed E-state index contributed by atoms with van der Waals surface area (Å²) >= 11 is 3.38. The summed E-state index contributed by atoms with van der Waals surface area (Å²) < 4.78 is 18.3. The lowest BCUT2D eigenvalue weighted by Crippen LogP contribution is -2.37. The third kappa shape index (κ3) is 2.12. The van der Waals surface area contributed by atoms with E-state index in [1.165, 1.54) is 12.1 Å². The van der Waals surface area contributed by atoms with Crippen LogP contribution in [0.4, 0.5) is 4.39 Å². The molecule has 86 valence electrons. The van der Waals surface area contributed by atoms with Gasteiger partial charge in [0.05, 0.1) is 0 Å². The third-order valence-corrected chi connectivity index (χ3v) is 3.76. The van der Waals surface area contributed by atoms with Gasteiger partial charge in [-0.2, -0.15) is 0 Å². The van der Waals surface area contributed by atoms with Crippen molar-refractivity contribution in [1.29, 1.82) is 0 Å². The van der Waals surface area contributed by atoms with Gasteiger partial charge in [-0.15, -0.1) is 0 Å². The molecule has 0 aromatic heterocycles. The highest BCUT2D eigenvalue weighted by atomic mass is 79.9. The van der Waals surface area contributed by atoms with Gasteiger partial charge in [0.2, 0.25) is 0 Å². The van der Waals surface area contributed by atoms with Gasteiger partial charge in [-0.25, -0.2) is 4.39 Å². The molecule has 1 saturated heterocycles. The van der Waals surface area contributed by atoms with E-state index in [9.17, 15) is 9.18 Å². The fourth-order valence-corrected chi connectivity index (χ4v) is 2.68. The van der Waals surface area contributed by atoms with Crippen LogP contribution in [0, 0.1) is 5.82 Å². The summed E-state index contributed by atoms with van der Waals surface area (Å²) in [6.07, 6.45) is 2.05. The van der Waals surface area contributed by atoms with Crippen molar-refractivity contribution in [2.45, 2.75) is 24.9 Å². The lowest BCUT2D eigenvalue weighted by Gasteiger charge is -2.35. The molecule has 1 aromatic carbocycles. The lowest BCUT2D eigenvalue weighted by molar-refractivity contribution is -0.165. The highest BCUT2D eigenvalue weighted by Gasteiger charge is 2.38. The quantitative estimate of drug-likeness (QED) is 0.617. The van der Waals surface area contributed by atoms with E-state index in [-0.39, 0.29) is 11.8 Å². The first kappa shape index (κ1) is 11.6. The van der Waals surface area contributed by atoms with Crippen LogP contribution in [0.3, 0.4) is 0 Å². The molecular formula is C12H12BrFO2. The van der Waals surface area contributed by atoms with Crippen LogP contribution >= 0.6 is 15.9 Å². The number of ether oxygens (including phenoxy) is 1. The molecule has 1 aliphatic heterocycles. The van der Waals surface area contributed by atoms with Gasteiger partial charge in [-0.05, 0) is 30.5 Å². The van der Waals surface area contributed by atoms with Crippen molar-refractivity contribution in [2.24, 2.45) is 0 Å². The fourth-order valence-electron chi connectivity index (χ4n) is 1.97. The Labute approximate surface area is 102 Å². The van der Waals surface area contributed by atoms with Crippen LogP contribution in [0.2, 0.25) is 0 Å². The topological polar surface area (TPSA) is 26.3 Å². The summed E-state index contributed by atoms with van der Waals surface area (Å²) in [6, 6.07) is 6.13. The number of rotatable bonds is 2. The van der Waals surface area contributed by atoms with E-state index in [2.05, 4.69) is 15.9 Å². The van der Waals surface area contributed by atoms with Crippen molar-refractivity contribution in [3.05, 3.63) is 35.6 Å². The smallest absolute Gasteiger partial charge is 0.306 e. The highest BCUT2D eigenvalue weighted by molar-refractivity contribution is 9.09. The van der Waals surface area contributed by atoms with Gasteiger partial charge < -0.3 is 4.74 Å². The van der Waals surface area contributed by atoms with Crippen LogP contribution < -0.4 is 0 Å². The number of carbonyl (C=O) groups is 1. The Balaban J connectivity index is 2.33. The van der Waals surface area contributed by atoms with E-state index < -0.39 is 5.60 Å². The molecule has 0 bridgehead atoms. The molecule has 0 saturated carbocycles. The van der Waals surface area contributed by atoms with Gasteiger partial charge in [0.25, 0.3) is 0 Å². The minimum absolute atomic E-state index is 0.185. The zero-order chi connectivity index (χ0) is 11.6. The molecule has 1 aromatic rings. The molecule has 2 nitrogen and oxygen atoms in total. The number of benzene rings is 1. The van der Waals surface area contributed by atoms with Gasteiger partial charge in [-0.1, -0.05) is 28.1 Å². The van der Waals surface area contributed by atoms with Crippen LogP contribution in [0.15, 0.2) is 24.3 Å². The number of alkyl halides is 1. The number of halogens is 2. The average molecular weight is 287 g/mol. The van der Waals surface area contributed by atoms with E-state index >= 15 is 0 Å². The van der Waals surface area contributed by atoms with Gasteiger partial charge in [0.1, 0.15) is 11.4 Å². The van der Waals surface area contributed by atoms with Crippen LogP contribution in [0.25, 0.3) is 0 Å². The number of esters is 1. The molecule has 0 aliphatic carbocycles. The van der Waals surface area contributed by atoms with Crippen molar-refractivity contribution in [2.75, 3.05) is 5.33 Å². The Hall–Kier alpha value is -0.900. The predicted octanol–water partition coefficient (Wildman–Crippen LogP) is 3.14. The molecule has 1 atom stereocenters. The Morgan fingerprint density at radius 1 is 1.38 bits per heavy atom. The number of cyclic esters (lactones) is 1. The Morgan fingerprint density at radius 3 is 2.62 bits per heavy atom. The third-order valence-electron chi connectivity index (χ3n) is 2.86. The zero-order valence-electron chi connectivity index (χ0n) is 8.71. The summed E-state index contributed by atoms with van der Waals surface area (Å²) in [7, 11) is 0. The number of hydrogen-bond donors (Lipinski definition) is 0. The summed E-state index contributed by atoms with van der Waals surface area (Å²) in [5.74, 6) is -0.467. The second-order valence-corrected chi connectivity index (χ2v) is 4.52. The normalized spacial score (nSPS) is 25.2. The molecule has 1 heterocycles. The molecule has 2 rings (SSSR count). The van der Waals surface area contributed by atoms with E-state index in [0.717, 1.165) is 18.4 Å². The first-order valence-electron chi connectivity index (χ1n) is 5.20. The standard InChI is InChI=1S/C12H12BrFO2/c13-8-12(7-1-2-11(15)16-12)9-3-5-10(14)6-4-9/h3-6H,1-2,7-8H2. The second kappa shape index (κ2) is 4.53. The van der Waals surface area contributed by atoms with Crippen molar-refractivity contribution < 1.29 is 13.9 Å². The van der Waals surface area contributed by atoms with Gasteiger partial charge >= 0.3 is 5.97 Å².